The van der Waals surface area contributed by atoms with Gasteiger partial charge < -0.3 is 24.6 Å². The zero-order valence-electron chi connectivity index (χ0n) is 17.1. The Kier molecular flexibility index (Phi) is 7.05. The number of carboxylic acid groups (broad SMARTS) is 1. The molecule has 3 aromatic rings. The first-order chi connectivity index (χ1) is 15.0. The molecule has 0 spiro atoms. The van der Waals surface area contributed by atoms with Crippen LogP contribution in [-0.2, 0) is 11.3 Å². The number of amides is 1. The lowest BCUT2D eigenvalue weighted by Crippen LogP contribution is -2.24. The summed E-state index contributed by atoms with van der Waals surface area (Å²) in [6.45, 7) is 1.72. The van der Waals surface area contributed by atoms with Gasteiger partial charge in [0, 0.05) is 18.8 Å². The molecule has 0 aliphatic carbocycles. The molecule has 0 aliphatic rings. The summed E-state index contributed by atoms with van der Waals surface area (Å²) >= 11 is 0. The van der Waals surface area contributed by atoms with Crippen LogP contribution in [-0.4, -0.2) is 35.2 Å². The van der Waals surface area contributed by atoms with E-state index in [9.17, 15) is 9.59 Å². The van der Waals surface area contributed by atoms with Gasteiger partial charge in [0.25, 0.3) is 5.91 Å². The molecule has 1 heterocycles. The highest BCUT2D eigenvalue weighted by atomic mass is 16.5. The first-order valence-electron chi connectivity index (χ1n) is 9.50. The third kappa shape index (κ3) is 5.96. The largest absolute Gasteiger partial charge is 0.497 e. The van der Waals surface area contributed by atoms with Gasteiger partial charge in [-0.05, 0) is 48.9 Å². The van der Waals surface area contributed by atoms with Crippen molar-refractivity contribution in [3.05, 3.63) is 78.0 Å². The van der Waals surface area contributed by atoms with E-state index in [1.807, 2.05) is 0 Å². The fraction of sp³-hybridized carbons (Fsp3) is 0.174. The summed E-state index contributed by atoms with van der Waals surface area (Å²) in [6, 6.07) is 17.1. The van der Waals surface area contributed by atoms with Crippen LogP contribution >= 0.6 is 0 Å². The van der Waals surface area contributed by atoms with Gasteiger partial charge in [-0.25, -0.2) is 9.78 Å². The number of rotatable bonds is 9. The van der Waals surface area contributed by atoms with E-state index >= 15 is 0 Å². The maximum atomic E-state index is 12.7. The SMILES string of the molecule is COc1cccc(Oc2ncccc2C(=O)NCc2ccc(O[C@H](C)C(=O)O)cc2)c1. The zero-order chi connectivity index (χ0) is 22.2. The predicted molar refractivity (Wildman–Crippen MR) is 113 cm³/mol. The average molecular weight is 422 g/mol. The number of carbonyl (C=O) groups is 2. The number of pyridine rings is 1. The van der Waals surface area contributed by atoms with Crippen LogP contribution in [0.2, 0.25) is 0 Å². The van der Waals surface area contributed by atoms with E-state index in [1.165, 1.54) is 6.92 Å². The van der Waals surface area contributed by atoms with Crippen LogP contribution in [0.3, 0.4) is 0 Å². The molecule has 0 fully saturated rings. The molecule has 2 N–H and O–H groups in total. The predicted octanol–water partition coefficient (Wildman–Crippen LogP) is 3.66. The minimum Gasteiger partial charge on any atom is -0.497 e. The molecule has 3 rings (SSSR count). The Hall–Kier alpha value is -4.07. The normalized spacial score (nSPS) is 11.3. The molecule has 0 saturated heterocycles. The van der Waals surface area contributed by atoms with Crippen LogP contribution in [0.5, 0.6) is 23.1 Å². The molecular weight excluding hydrogens is 400 g/mol. The third-order valence-electron chi connectivity index (χ3n) is 4.31. The second-order valence-electron chi connectivity index (χ2n) is 6.56. The van der Waals surface area contributed by atoms with Gasteiger partial charge in [-0.3, -0.25) is 4.79 Å². The molecule has 0 aliphatic heterocycles. The Balaban J connectivity index is 1.64. The van der Waals surface area contributed by atoms with Crippen LogP contribution in [0.1, 0.15) is 22.8 Å². The number of methoxy groups -OCH3 is 1. The number of nitrogens with one attached hydrogen (secondary N) is 1. The summed E-state index contributed by atoms with van der Waals surface area (Å²) in [4.78, 5) is 27.7. The summed E-state index contributed by atoms with van der Waals surface area (Å²) < 4.78 is 16.3. The third-order valence-corrected chi connectivity index (χ3v) is 4.31. The molecule has 0 radical (unpaired) electrons. The van der Waals surface area contributed by atoms with Crippen LogP contribution in [0.4, 0.5) is 0 Å². The van der Waals surface area contributed by atoms with E-state index < -0.39 is 12.1 Å². The molecule has 0 unspecified atom stereocenters. The van der Waals surface area contributed by atoms with E-state index in [-0.39, 0.29) is 18.3 Å². The average Bonchev–Trinajstić information content (AvgIpc) is 2.78. The number of aromatic nitrogens is 1. The molecule has 1 amide bonds. The standard InChI is InChI=1S/C23H22N2O6/c1-15(23(27)28)30-17-10-8-16(9-11-17)14-25-21(26)20-7-4-12-24-22(20)31-19-6-3-5-18(13-19)29-2/h3-13,15H,14H2,1-2H3,(H,25,26)(H,27,28)/t15-/m1/s1. The minimum atomic E-state index is -1.04. The Labute approximate surface area is 179 Å². The summed E-state index contributed by atoms with van der Waals surface area (Å²) in [6.07, 6.45) is 0.600. The fourth-order valence-corrected chi connectivity index (χ4v) is 2.64. The topological polar surface area (TPSA) is 107 Å². The smallest absolute Gasteiger partial charge is 0.344 e. The zero-order valence-corrected chi connectivity index (χ0v) is 17.1. The Morgan fingerprint density at radius 3 is 2.48 bits per heavy atom. The van der Waals surface area contributed by atoms with Crippen LogP contribution < -0.4 is 19.5 Å². The lowest BCUT2D eigenvalue weighted by molar-refractivity contribution is -0.144. The summed E-state index contributed by atoms with van der Waals surface area (Å²) in [5.74, 6) is 0.361. The number of hydrogen-bond donors (Lipinski definition) is 2. The number of hydrogen-bond acceptors (Lipinski definition) is 6. The Morgan fingerprint density at radius 2 is 1.77 bits per heavy atom. The van der Waals surface area contributed by atoms with Crippen molar-refractivity contribution in [2.24, 2.45) is 0 Å². The van der Waals surface area contributed by atoms with Crippen LogP contribution in [0.25, 0.3) is 0 Å². The fourth-order valence-electron chi connectivity index (χ4n) is 2.64. The minimum absolute atomic E-state index is 0.180. The highest BCUT2D eigenvalue weighted by molar-refractivity contribution is 5.96. The maximum Gasteiger partial charge on any atom is 0.344 e. The molecule has 8 heteroatoms. The van der Waals surface area contributed by atoms with Crippen LogP contribution in [0, 0.1) is 0 Å². The summed E-state index contributed by atoms with van der Waals surface area (Å²) in [7, 11) is 1.56. The number of nitrogens with zero attached hydrogens (tertiary/aromatic N) is 1. The summed E-state index contributed by atoms with van der Waals surface area (Å²) in [5.41, 5.74) is 1.11. The van der Waals surface area contributed by atoms with Crippen molar-refractivity contribution in [3.8, 4) is 23.1 Å². The Bertz CT molecular complexity index is 1050. The van der Waals surface area contributed by atoms with E-state index in [2.05, 4.69) is 10.3 Å². The van der Waals surface area contributed by atoms with Gasteiger partial charge in [0.05, 0.1) is 7.11 Å². The number of benzene rings is 2. The maximum absolute atomic E-state index is 12.7. The van der Waals surface area contributed by atoms with Crippen molar-refractivity contribution in [3.63, 3.8) is 0 Å². The van der Waals surface area contributed by atoms with E-state index in [1.54, 1.807) is 74.0 Å². The van der Waals surface area contributed by atoms with Gasteiger partial charge in [0.15, 0.2) is 6.10 Å². The monoisotopic (exact) mass is 422 g/mol. The number of carbonyl (C=O) groups excluding carboxylic acids is 1. The van der Waals surface area contributed by atoms with E-state index in [0.717, 1.165) is 5.56 Å². The molecule has 160 valence electrons. The Morgan fingerprint density at radius 1 is 1.03 bits per heavy atom. The quantitative estimate of drug-likeness (QED) is 0.542. The van der Waals surface area contributed by atoms with Crippen molar-refractivity contribution >= 4 is 11.9 Å². The molecule has 8 nitrogen and oxygen atoms in total. The lowest BCUT2D eigenvalue weighted by atomic mass is 10.2. The number of ether oxygens (including phenoxy) is 3. The van der Waals surface area contributed by atoms with Crippen molar-refractivity contribution < 1.29 is 28.9 Å². The number of carboxylic acids is 1. The second kappa shape index (κ2) is 10.1. The van der Waals surface area contributed by atoms with Gasteiger partial charge in [-0.15, -0.1) is 0 Å². The summed E-state index contributed by atoms with van der Waals surface area (Å²) in [5, 5.41) is 11.7. The van der Waals surface area contributed by atoms with Gasteiger partial charge >= 0.3 is 5.97 Å². The van der Waals surface area contributed by atoms with Crippen molar-refractivity contribution in [1.29, 1.82) is 0 Å². The van der Waals surface area contributed by atoms with E-state index in [0.29, 0.717) is 22.8 Å². The second-order valence-corrected chi connectivity index (χ2v) is 6.56. The molecule has 0 bridgehead atoms. The van der Waals surface area contributed by atoms with Crippen molar-refractivity contribution in [2.45, 2.75) is 19.6 Å². The molecule has 1 aromatic heterocycles. The highest BCUT2D eigenvalue weighted by Crippen LogP contribution is 2.26. The van der Waals surface area contributed by atoms with Crippen molar-refractivity contribution in [2.75, 3.05) is 7.11 Å². The van der Waals surface area contributed by atoms with Gasteiger partial charge in [0.1, 0.15) is 22.8 Å². The number of aliphatic carboxylic acids is 1. The molecule has 2 aromatic carbocycles. The first kappa shape index (κ1) is 21.6. The van der Waals surface area contributed by atoms with Gasteiger partial charge in [0.2, 0.25) is 5.88 Å². The van der Waals surface area contributed by atoms with E-state index in [4.69, 9.17) is 19.3 Å². The molecule has 31 heavy (non-hydrogen) atoms. The molecular formula is C23H22N2O6. The highest BCUT2D eigenvalue weighted by Gasteiger charge is 2.15. The van der Waals surface area contributed by atoms with Crippen LogP contribution in [0.15, 0.2) is 66.9 Å². The van der Waals surface area contributed by atoms with Gasteiger partial charge in [-0.1, -0.05) is 18.2 Å². The first-order valence-corrected chi connectivity index (χ1v) is 9.50. The van der Waals surface area contributed by atoms with Crippen molar-refractivity contribution in [1.82, 2.24) is 10.3 Å². The van der Waals surface area contributed by atoms with Gasteiger partial charge in [-0.2, -0.15) is 0 Å². The molecule has 1 atom stereocenters. The lowest BCUT2D eigenvalue weighted by Gasteiger charge is -2.12. The molecule has 0 saturated carbocycles.